The second-order valence-electron chi connectivity index (χ2n) is 9.51. The van der Waals surface area contributed by atoms with Crippen molar-refractivity contribution >= 4 is 23.4 Å². The molecule has 3 aromatic carbocycles. The largest absolute Gasteiger partial charge is 0.497 e. The van der Waals surface area contributed by atoms with Crippen LogP contribution in [0.25, 0.3) is 0 Å². The molecule has 3 atom stereocenters. The highest BCUT2D eigenvalue weighted by atomic mass is 35.5. The van der Waals surface area contributed by atoms with Crippen LogP contribution in [0.1, 0.15) is 35.4 Å². The summed E-state index contributed by atoms with van der Waals surface area (Å²) in [5.74, 6) is -0.429. The van der Waals surface area contributed by atoms with Crippen molar-refractivity contribution in [3.63, 3.8) is 0 Å². The highest BCUT2D eigenvalue weighted by molar-refractivity contribution is 6.30. The summed E-state index contributed by atoms with van der Waals surface area (Å²) in [6, 6.07) is 25.5. The van der Waals surface area contributed by atoms with Gasteiger partial charge in [0.05, 0.1) is 19.1 Å². The first-order chi connectivity index (χ1) is 18.0. The molecule has 0 aliphatic carbocycles. The molecule has 194 valence electrons. The fourth-order valence-electron chi connectivity index (χ4n) is 5.12. The van der Waals surface area contributed by atoms with Crippen LogP contribution in [0.4, 0.5) is 0 Å². The van der Waals surface area contributed by atoms with Crippen LogP contribution < -0.4 is 15.8 Å². The Kier molecular flexibility index (Phi) is 9.20. The lowest BCUT2D eigenvalue weighted by atomic mass is 9.83. The maximum atomic E-state index is 13.8. The Balaban J connectivity index is 1.61. The molecule has 0 bridgehead atoms. The summed E-state index contributed by atoms with van der Waals surface area (Å²) in [6.45, 7) is 2.09. The van der Waals surface area contributed by atoms with Crippen LogP contribution in [-0.2, 0) is 16.0 Å². The maximum Gasteiger partial charge on any atom is 0.223 e. The van der Waals surface area contributed by atoms with Gasteiger partial charge in [0.2, 0.25) is 11.8 Å². The van der Waals surface area contributed by atoms with E-state index in [0.29, 0.717) is 24.5 Å². The third-order valence-electron chi connectivity index (χ3n) is 7.06. The van der Waals surface area contributed by atoms with Crippen molar-refractivity contribution < 1.29 is 14.3 Å². The first kappa shape index (κ1) is 26.7. The Morgan fingerprint density at radius 1 is 1.03 bits per heavy atom. The molecule has 0 radical (unpaired) electrons. The maximum absolute atomic E-state index is 13.8. The van der Waals surface area contributed by atoms with Gasteiger partial charge in [-0.15, -0.1) is 0 Å². The summed E-state index contributed by atoms with van der Waals surface area (Å²) in [4.78, 5) is 28.2. The summed E-state index contributed by atoms with van der Waals surface area (Å²) in [6.07, 6.45) is 1.31. The first-order valence-electron chi connectivity index (χ1n) is 12.7. The molecule has 1 fully saturated rings. The number of nitrogens with zero attached hydrogens (tertiary/aromatic N) is 1. The van der Waals surface area contributed by atoms with Crippen LogP contribution >= 0.6 is 11.6 Å². The quantitative estimate of drug-likeness (QED) is 0.438. The Labute approximate surface area is 223 Å². The number of methoxy groups -OCH3 is 1. The molecule has 37 heavy (non-hydrogen) atoms. The second kappa shape index (κ2) is 12.7. The molecule has 7 heteroatoms. The SMILES string of the molecule is COc1ccc(CC(CC(=O)N2CCCNCC2C(c2ccccc2)c2ccc(Cl)cc2)C(N)=O)cc1. The minimum Gasteiger partial charge on any atom is -0.497 e. The van der Waals surface area contributed by atoms with E-state index in [-0.39, 0.29) is 24.3 Å². The van der Waals surface area contributed by atoms with E-state index in [0.717, 1.165) is 35.4 Å². The van der Waals surface area contributed by atoms with Crippen LogP contribution in [0, 0.1) is 5.92 Å². The summed E-state index contributed by atoms with van der Waals surface area (Å²) < 4.78 is 5.23. The van der Waals surface area contributed by atoms with Gasteiger partial charge >= 0.3 is 0 Å². The fourth-order valence-corrected chi connectivity index (χ4v) is 5.25. The van der Waals surface area contributed by atoms with E-state index in [2.05, 4.69) is 17.4 Å². The summed E-state index contributed by atoms with van der Waals surface area (Å²) in [5, 5.41) is 4.19. The van der Waals surface area contributed by atoms with E-state index in [1.54, 1.807) is 7.11 Å². The van der Waals surface area contributed by atoms with E-state index in [1.165, 1.54) is 0 Å². The number of halogens is 1. The van der Waals surface area contributed by atoms with Crippen LogP contribution in [-0.4, -0.2) is 49.5 Å². The number of ether oxygens (including phenoxy) is 1. The zero-order chi connectivity index (χ0) is 26.2. The van der Waals surface area contributed by atoms with Crippen molar-refractivity contribution in [1.29, 1.82) is 0 Å². The molecule has 1 aliphatic heterocycles. The van der Waals surface area contributed by atoms with Crippen LogP contribution in [0.2, 0.25) is 5.02 Å². The predicted octanol–water partition coefficient (Wildman–Crippen LogP) is 4.41. The van der Waals surface area contributed by atoms with Gasteiger partial charge < -0.3 is 20.7 Å². The van der Waals surface area contributed by atoms with E-state index in [1.807, 2.05) is 71.6 Å². The molecule has 3 N–H and O–H groups in total. The number of carbonyl (C=O) groups is 2. The Morgan fingerprint density at radius 2 is 1.70 bits per heavy atom. The number of hydrogen-bond donors (Lipinski definition) is 2. The highest BCUT2D eigenvalue weighted by Gasteiger charge is 2.35. The van der Waals surface area contributed by atoms with E-state index in [9.17, 15) is 9.59 Å². The molecule has 0 aromatic heterocycles. The third kappa shape index (κ3) is 6.90. The molecular formula is C30H34ClN3O3. The number of primary amides is 1. The first-order valence-corrected chi connectivity index (χ1v) is 13.1. The summed E-state index contributed by atoms with van der Waals surface area (Å²) >= 11 is 6.20. The van der Waals surface area contributed by atoms with Gasteiger partial charge in [-0.2, -0.15) is 0 Å². The Bertz CT molecular complexity index is 1170. The van der Waals surface area contributed by atoms with Crippen molar-refractivity contribution in [3.8, 4) is 5.75 Å². The summed E-state index contributed by atoms with van der Waals surface area (Å²) in [5.41, 5.74) is 8.94. The molecule has 1 heterocycles. The fraction of sp³-hybridized carbons (Fsp3) is 0.333. The molecule has 6 nitrogen and oxygen atoms in total. The molecule has 0 spiro atoms. The van der Waals surface area contributed by atoms with Gasteiger partial charge in [-0.25, -0.2) is 0 Å². The molecule has 0 saturated carbocycles. The van der Waals surface area contributed by atoms with Gasteiger partial charge in [0.1, 0.15) is 5.75 Å². The average molecular weight is 520 g/mol. The average Bonchev–Trinajstić information content (AvgIpc) is 3.17. The number of carbonyl (C=O) groups excluding carboxylic acids is 2. The predicted molar refractivity (Wildman–Crippen MR) is 147 cm³/mol. The van der Waals surface area contributed by atoms with Gasteiger partial charge in [0, 0.05) is 30.5 Å². The van der Waals surface area contributed by atoms with E-state index in [4.69, 9.17) is 22.1 Å². The van der Waals surface area contributed by atoms with E-state index < -0.39 is 11.8 Å². The molecule has 3 aromatic rings. The minimum atomic E-state index is -0.594. The minimum absolute atomic E-state index is 0.0540. The van der Waals surface area contributed by atoms with Crippen molar-refractivity contribution in [2.75, 3.05) is 26.7 Å². The molecule has 1 aliphatic rings. The second-order valence-corrected chi connectivity index (χ2v) is 9.94. The number of benzene rings is 3. The number of nitrogens with two attached hydrogens (primary N) is 1. The van der Waals surface area contributed by atoms with Crippen LogP contribution in [0.3, 0.4) is 0 Å². The zero-order valence-electron chi connectivity index (χ0n) is 21.1. The lowest BCUT2D eigenvalue weighted by molar-refractivity contribution is -0.137. The highest BCUT2D eigenvalue weighted by Crippen LogP contribution is 2.33. The van der Waals surface area contributed by atoms with Gasteiger partial charge in [-0.3, -0.25) is 9.59 Å². The van der Waals surface area contributed by atoms with E-state index >= 15 is 0 Å². The number of amides is 2. The van der Waals surface area contributed by atoms with Gasteiger partial charge in [0.25, 0.3) is 0 Å². The lowest BCUT2D eigenvalue weighted by Crippen LogP contribution is -2.48. The van der Waals surface area contributed by atoms with Crippen molar-refractivity contribution in [2.45, 2.75) is 31.2 Å². The topological polar surface area (TPSA) is 84.7 Å². The molecule has 4 rings (SSSR count). The Hall–Kier alpha value is -3.35. The number of nitrogens with one attached hydrogen (secondary N) is 1. The van der Waals surface area contributed by atoms with Gasteiger partial charge in [-0.1, -0.05) is 66.2 Å². The zero-order valence-corrected chi connectivity index (χ0v) is 21.9. The van der Waals surface area contributed by atoms with Crippen molar-refractivity contribution in [1.82, 2.24) is 10.2 Å². The molecule has 2 amide bonds. The standard InChI is InChI=1S/C30H34ClN3O3/c1-37-26-14-8-21(9-15-26)18-24(30(32)36)19-28(35)34-17-5-16-33-20-27(34)29(22-6-3-2-4-7-22)23-10-12-25(31)13-11-23/h2-4,6-15,24,27,29,33H,5,16-20H2,1H3,(H2,32,36). The van der Waals surface area contributed by atoms with Crippen molar-refractivity contribution in [3.05, 3.63) is 101 Å². The van der Waals surface area contributed by atoms with Crippen molar-refractivity contribution in [2.24, 2.45) is 11.7 Å². The lowest BCUT2D eigenvalue weighted by Gasteiger charge is -2.37. The Morgan fingerprint density at radius 3 is 2.35 bits per heavy atom. The van der Waals surface area contributed by atoms with Gasteiger partial charge in [0.15, 0.2) is 0 Å². The van der Waals surface area contributed by atoms with Gasteiger partial charge in [-0.05, 0) is 60.3 Å². The monoisotopic (exact) mass is 519 g/mol. The molecule has 3 unspecified atom stereocenters. The number of hydrogen-bond acceptors (Lipinski definition) is 4. The third-order valence-corrected chi connectivity index (χ3v) is 7.32. The smallest absolute Gasteiger partial charge is 0.223 e. The normalized spacial score (nSPS) is 17.5. The van der Waals surface area contributed by atoms with Crippen LogP contribution in [0.5, 0.6) is 5.75 Å². The molecule has 1 saturated heterocycles. The summed E-state index contributed by atoms with van der Waals surface area (Å²) in [7, 11) is 1.61. The number of rotatable bonds is 9. The molecular weight excluding hydrogens is 486 g/mol. The van der Waals surface area contributed by atoms with Crippen LogP contribution in [0.15, 0.2) is 78.9 Å².